The largest absolute Gasteiger partial charge is 0.330 e. The maximum Gasteiger partial charge on any atom is 0.238 e. The van der Waals surface area contributed by atoms with E-state index in [0.29, 0.717) is 24.9 Å². The quantitative estimate of drug-likeness (QED) is 0.816. The first-order valence-electron chi connectivity index (χ1n) is 9.05. The molecule has 0 spiro atoms. The summed E-state index contributed by atoms with van der Waals surface area (Å²) in [4.78, 5) is 14.6. The second-order valence-electron chi connectivity index (χ2n) is 6.81. The fraction of sp³-hybridized carbons (Fsp3) is 0.381. The number of carbonyl (C=O) groups is 1. The number of nitrogens with two attached hydrogens (primary N) is 1. The lowest BCUT2D eigenvalue weighted by Crippen LogP contribution is -2.32. The summed E-state index contributed by atoms with van der Waals surface area (Å²) in [5.74, 6) is 0.846. The molecule has 0 aromatic heterocycles. The second kappa shape index (κ2) is 9.72. The highest BCUT2D eigenvalue weighted by atomic mass is 35.5. The summed E-state index contributed by atoms with van der Waals surface area (Å²) < 4.78 is 0. The molecule has 1 amide bonds. The van der Waals surface area contributed by atoms with Crippen molar-refractivity contribution in [2.24, 2.45) is 11.7 Å². The van der Waals surface area contributed by atoms with E-state index in [1.807, 2.05) is 24.3 Å². The number of amides is 1. The Morgan fingerprint density at radius 3 is 2.62 bits per heavy atom. The summed E-state index contributed by atoms with van der Waals surface area (Å²) in [7, 11) is 0. The summed E-state index contributed by atoms with van der Waals surface area (Å²) in [6.45, 7) is 4.93. The lowest BCUT2D eigenvalue weighted by molar-refractivity contribution is -0.117. The van der Waals surface area contributed by atoms with E-state index >= 15 is 0 Å². The number of carbonyl (C=O) groups excluding carboxylic acids is 1. The Balaban J connectivity index is 0.00000243. The average Bonchev–Trinajstić information content (AvgIpc) is 3.05. The van der Waals surface area contributed by atoms with Crippen LogP contribution in [0.15, 0.2) is 54.6 Å². The Hall–Kier alpha value is -1.88. The third kappa shape index (κ3) is 5.07. The van der Waals surface area contributed by atoms with Crippen LogP contribution in [0.1, 0.15) is 24.0 Å². The molecule has 1 heterocycles. The number of nitrogens with zero attached hydrogens (tertiary/aromatic N) is 1. The van der Waals surface area contributed by atoms with Crippen molar-refractivity contribution in [3.05, 3.63) is 65.7 Å². The summed E-state index contributed by atoms with van der Waals surface area (Å²) >= 11 is 0. The molecular formula is C21H28ClN3O. The van der Waals surface area contributed by atoms with Gasteiger partial charge in [-0.2, -0.15) is 0 Å². The van der Waals surface area contributed by atoms with Crippen LogP contribution in [0.2, 0.25) is 0 Å². The smallest absolute Gasteiger partial charge is 0.238 e. The number of hydrogen-bond donors (Lipinski definition) is 2. The molecule has 1 aliphatic heterocycles. The van der Waals surface area contributed by atoms with Gasteiger partial charge in [-0.25, -0.2) is 0 Å². The molecule has 0 unspecified atom stereocenters. The molecule has 1 fully saturated rings. The van der Waals surface area contributed by atoms with Crippen LogP contribution < -0.4 is 11.1 Å². The van der Waals surface area contributed by atoms with E-state index < -0.39 is 0 Å². The monoisotopic (exact) mass is 373 g/mol. The number of likely N-dealkylation sites (tertiary alicyclic amines) is 1. The van der Waals surface area contributed by atoms with Gasteiger partial charge >= 0.3 is 0 Å². The molecule has 3 N–H and O–H groups in total. The Morgan fingerprint density at radius 1 is 1.15 bits per heavy atom. The summed E-state index contributed by atoms with van der Waals surface area (Å²) in [6, 6.07) is 18.5. The Morgan fingerprint density at radius 2 is 1.92 bits per heavy atom. The Labute approximate surface area is 162 Å². The number of halogens is 1. The SMILES string of the molecule is CCc1cccc(NC(=O)CN2C[C@@H](CN)[C@H](c3ccccc3)C2)c1.Cl. The van der Waals surface area contributed by atoms with Crippen LogP contribution >= 0.6 is 12.4 Å². The van der Waals surface area contributed by atoms with Gasteiger partial charge in [0.1, 0.15) is 0 Å². The van der Waals surface area contributed by atoms with Crippen molar-refractivity contribution in [2.45, 2.75) is 19.3 Å². The van der Waals surface area contributed by atoms with Gasteiger partial charge < -0.3 is 11.1 Å². The maximum atomic E-state index is 12.4. The number of anilines is 1. The molecule has 26 heavy (non-hydrogen) atoms. The van der Waals surface area contributed by atoms with Crippen LogP contribution in [0.3, 0.4) is 0 Å². The fourth-order valence-electron chi connectivity index (χ4n) is 3.68. The number of rotatable bonds is 6. The third-order valence-electron chi connectivity index (χ3n) is 5.03. The zero-order chi connectivity index (χ0) is 17.6. The van der Waals surface area contributed by atoms with Gasteiger partial charge in [-0.15, -0.1) is 12.4 Å². The zero-order valence-corrected chi connectivity index (χ0v) is 16.0. The molecule has 2 aromatic carbocycles. The van der Waals surface area contributed by atoms with Gasteiger partial charge in [0.05, 0.1) is 6.54 Å². The van der Waals surface area contributed by atoms with Crippen LogP contribution in [-0.4, -0.2) is 37.0 Å². The van der Waals surface area contributed by atoms with E-state index in [2.05, 4.69) is 47.5 Å². The van der Waals surface area contributed by atoms with Crippen molar-refractivity contribution in [3.8, 4) is 0 Å². The molecule has 140 valence electrons. The fourth-order valence-corrected chi connectivity index (χ4v) is 3.68. The zero-order valence-electron chi connectivity index (χ0n) is 15.2. The van der Waals surface area contributed by atoms with Crippen molar-refractivity contribution in [1.82, 2.24) is 4.90 Å². The maximum absolute atomic E-state index is 12.4. The molecule has 3 rings (SSSR count). The van der Waals surface area contributed by atoms with Gasteiger partial charge in [0.2, 0.25) is 5.91 Å². The highest BCUT2D eigenvalue weighted by Crippen LogP contribution is 2.31. The van der Waals surface area contributed by atoms with Crippen molar-refractivity contribution in [2.75, 3.05) is 31.5 Å². The topological polar surface area (TPSA) is 58.4 Å². The molecule has 0 aliphatic carbocycles. The predicted octanol–water partition coefficient (Wildman–Crippen LogP) is 3.28. The highest BCUT2D eigenvalue weighted by Gasteiger charge is 2.33. The van der Waals surface area contributed by atoms with E-state index in [4.69, 9.17) is 5.73 Å². The molecule has 0 radical (unpaired) electrons. The minimum Gasteiger partial charge on any atom is -0.330 e. The predicted molar refractivity (Wildman–Crippen MR) is 110 cm³/mol. The number of nitrogens with one attached hydrogen (secondary N) is 1. The summed E-state index contributed by atoms with van der Waals surface area (Å²) in [6.07, 6.45) is 0.965. The molecule has 2 atom stereocenters. The Kier molecular flexibility index (Phi) is 7.64. The summed E-state index contributed by atoms with van der Waals surface area (Å²) in [5, 5.41) is 3.02. The lowest BCUT2D eigenvalue weighted by atomic mass is 9.89. The normalized spacial score (nSPS) is 19.8. The van der Waals surface area contributed by atoms with E-state index in [1.54, 1.807) is 0 Å². The molecule has 5 heteroatoms. The first-order chi connectivity index (χ1) is 12.2. The third-order valence-corrected chi connectivity index (χ3v) is 5.03. The van der Waals surface area contributed by atoms with E-state index in [-0.39, 0.29) is 18.3 Å². The minimum atomic E-state index is 0. The molecule has 4 nitrogen and oxygen atoms in total. The van der Waals surface area contributed by atoms with Crippen molar-refractivity contribution in [3.63, 3.8) is 0 Å². The Bertz CT molecular complexity index is 707. The van der Waals surface area contributed by atoms with Gasteiger partial charge in [0.15, 0.2) is 0 Å². The van der Waals surface area contributed by atoms with Crippen LogP contribution in [0, 0.1) is 5.92 Å². The second-order valence-corrected chi connectivity index (χ2v) is 6.81. The van der Waals surface area contributed by atoms with E-state index in [9.17, 15) is 4.79 Å². The molecule has 1 aliphatic rings. The minimum absolute atomic E-state index is 0. The standard InChI is InChI=1S/C21H27N3O.ClH/c1-2-16-7-6-10-19(11-16)23-21(25)15-24-13-18(12-22)20(14-24)17-8-4-3-5-9-17;/h3-11,18,20H,2,12-15,22H2,1H3,(H,23,25);1H/t18-,20+;/m1./s1. The number of benzene rings is 2. The van der Waals surface area contributed by atoms with Crippen LogP contribution in [0.4, 0.5) is 5.69 Å². The lowest BCUT2D eigenvalue weighted by Gasteiger charge is -2.16. The molecule has 0 saturated carbocycles. The molecule has 0 bridgehead atoms. The van der Waals surface area contributed by atoms with E-state index in [1.165, 1.54) is 11.1 Å². The van der Waals surface area contributed by atoms with Crippen LogP contribution in [0.5, 0.6) is 0 Å². The van der Waals surface area contributed by atoms with Gasteiger partial charge in [-0.3, -0.25) is 9.69 Å². The first kappa shape index (κ1) is 20.4. The van der Waals surface area contributed by atoms with Gasteiger partial charge in [0, 0.05) is 24.7 Å². The van der Waals surface area contributed by atoms with Gasteiger partial charge in [-0.1, -0.05) is 49.4 Å². The highest BCUT2D eigenvalue weighted by molar-refractivity contribution is 5.92. The van der Waals surface area contributed by atoms with Gasteiger partial charge in [-0.05, 0) is 42.1 Å². The summed E-state index contributed by atoms with van der Waals surface area (Å²) in [5.41, 5.74) is 9.40. The molecular weight excluding hydrogens is 346 g/mol. The molecule has 1 saturated heterocycles. The van der Waals surface area contributed by atoms with Crippen LogP contribution in [0.25, 0.3) is 0 Å². The number of aryl methyl sites for hydroxylation is 1. The van der Waals surface area contributed by atoms with Crippen molar-refractivity contribution in [1.29, 1.82) is 0 Å². The number of hydrogen-bond acceptors (Lipinski definition) is 3. The molecule has 2 aromatic rings. The first-order valence-corrected chi connectivity index (χ1v) is 9.05. The average molecular weight is 374 g/mol. The van der Waals surface area contributed by atoms with Gasteiger partial charge in [0.25, 0.3) is 0 Å². The van der Waals surface area contributed by atoms with E-state index in [0.717, 1.165) is 25.2 Å². The van der Waals surface area contributed by atoms with Crippen LogP contribution in [-0.2, 0) is 11.2 Å². The van der Waals surface area contributed by atoms with Crippen molar-refractivity contribution < 1.29 is 4.79 Å². The van der Waals surface area contributed by atoms with Crippen molar-refractivity contribution >= 4 is 24.0 Å².